The fourth-order valence-electron chi connectivity index (χ4n) is 3.23. The highest BCUT2D eigenvalue weighted by Crippen LogP contribution is 2.31. The molecule has 0 aromatic heterocycles. The highest BCUT2D eigenvalue weighted by molar-refractivity contribution is 7.89. The van der Waals surface area contributed by atoms with E-state index in [2.05, 4.69) is 5.32 Å². The highest BCUT2D eigenvalue weighted by atomic mass is 35.5. The molecule has 0 saturated heterocycles. The van der Waals surface area contributed by atoms with E-state index in [0.717, 1.165) is 9.87 Å². The Morgan fingerprint density at radius 1 is 0.970 bits per heavy atom. The zero-order valence-corrected chi connectivity index (χ0v) is 20.1. The first kappa shape index (κ1) is 24.6. The zero-order chi connectivity index (χ0) is 24.0. The number of rotatable bonds is 9. The van der Waals surface area contributed by atoms with Gasteiger partial charge in [-0.2, -0.15) is 4.31 Å². The van der Waals surface area contributed by atoms with Crippen LogP contribution < -0.4 is 14.8 Å². The SMILES string of the molecule is COc1ccc(S(=O)(=O)N(CC(=O)Nc2cccc(Cl)c2C)Cc2ccccc2)cc1OC. The van der Waals surface area contributed by atoms with Crippen LogP contribution in [0.1, 0.15) is 11.1 Å². The predicted octanol–water partition coefficient (Wildman–Crippen LogP) is 4.50. The summed E-state index contributed by atoms with van der Waals surface area (Å²) in [5, 5.41) is 3.26. The third-order valence-electron chi connectivity index (χ3n) is 5.06. The Balaban J connectivity index is 1.93. The second-order valence-corrected chi connectivity index (χ2v) is 9.58. The first-order chi connectivity index (χ1) is 15.8. The Hall–Kier alpha value is -3.07. The standard InChI is InChI=1S/C24H25ClN2O5S/c1-17-20(25)10-7-11-21(17)26-24(28)16-27(15-18-8-5-4-6-9-18)33(29,30)19-12-13-22(31-2)23(14-19)32-3/h4-14H,15-16H2,1-3H3,(H,26,28). The maximum absolute atomic E-state index is 13.5. The maximum Gasteiger partial charge on any atom is 0.243 e. The molecular formula is C24H25ClN2O5S. The number of carbonyl (C=O) groups excluding carboxylic acids is 1. The minimum Gasteiger partial charge on any atom is -0.493 e. The minimum atomic E-state index is -4.05. The Kier molecular flexibility index (Phi) is 7.97. The number of halogens is 1. The second-order valence-electron chi connectivity index (χ2n) is 7.24. The predicted molar refractivity (Wildman–Crippen MR) is 128 cm³/mol. The van der Waals surface area contributed by atoms with E-state index in [1.54, 1.807) is 37.3 Å². The van der Waals surface area contributed by atoms with Gasteiger partial charge in [0.2, 0.25) is 15.9 Å². The van der Waals surface area contributed by atoms with Gasteiger partial charge in [0.05, 0.1) is 25.7 Å². The molecule has 174 valence electrons. The van der Waals surface area contributed by atoms with Gasteiger partial charge >= 0.3 is 0 Å². The lowest BCUT2D eigenvalue weighted by molar-refractivity contribution is -0.116. The van der Waals surface area contributed by atoms with Crippen LogP contribution in [0.25, 0.3) is 0 Å². The van der Waals surface area contributed by atoms with Crippen molar-refractivity contribution in [3.05, 3.63) is 82.9 Å². The number of carbonyl (C=O) groups is 1. The molecule has 7 nitrogen and oxygen atoms in total. The maximum atomic E-state index is 13.5. The Labute approximate surface area is 198 Å². The molecule has 0 fully saturated rings. The molecule has 9 heteroatoms. The zero-order valence-electron chi connectivity index (χ0n) is 18.5. The van der Waals surface area contributed by atoms with Crippen molar-refractivity contribution in [2.45, 2.75) is 18.4 Å². The summed E-state index contributed by atoms with van der Waals surface area (Å²) in [5.74, 6) is 0.192. The quantitative estimate of drug-likeness (QED) is 0.479. The normalized spacial score (nSPS) is 11.3. The Morgan fingerprint density at radius 2 is 1.67 bits per heavy atom. The first-order valence-electron chi connectivity index (χ1n) is 10.1. The highest BCUT2D eigenvalue weighted by Gasteiger charge is 2.28. The summed E-state index contributed by atoms with van der Waals surface area (Å²) < 4.78 is 38.7. The minimum absolute atomic E-state index is 0.0113. The fourth-order valence-corrected chi connectivity index (χ4v) is 4.81. The number of methoxy groups -OCH3 is 2. The number of amides is 1. The van der Waals surface area contributed by atoms with Crippen molar-refractivity contribution in [2.24, 2.45) is 0 Å². The summed E-state index contributed by atoms with van der Waals surface area (Å²) in [6, 6.07) is 18.5. The van der Waals surface area contributed by atoms with Crippen LogP contribution in [0.5, 0.6) is 11.5 Å². The van der Waals surface area contributed by atoms with Crippen molar-refractivity contribution in [3.63, 3.8) is 0 Å². The van der Waals surface area contributed by atoms with Crippen LogP contribution in [-0.2, 0) is 21.4 Å². The summed E-state index contributed by atoms with van der Waals surface area (Å²) in [7, 11) is -1.16. The van der Waals surface area contributed by atoms with Crippen molar-refractivity contribution in [3.8, 4) is 11.5 Å². The molecule has 0 saturated carbocycles. The lowest BCUT2D eigenvalue weighted by atomic mass is 10.2. The molecule has 1 amide bonds. The van der Waals surface area contributed by atoms with Crippen LogP contribution in [0, 0.1) is 6.92 Å². The van der Waals surface area contributed by atoms with Gasteiger partial charge in [-0.1, -0.05) is 48.0 Å². The second kappa shape index (κ2) is 10.7. The monoisotopic (exact) mass is 488 g/mol. The van der Waals surface area contributed by atoms with Gasteiger partial charge in [0, 0.05) is 23.3 Å². The van der Waals surface area contributed by atoms with E-state index in [0.29, 0.717) is 22.0 Å². The Morgan fingerprint density at radius 3 is 2.33 bits per heavy atom. The first-order valence-corrected chi connectivity index (χ1v) is 11.9. The number of anilines is 1. The summed E-state index contributed by atoms with van der Waals surface area (Å²) in [6.45, 7) is 1.40. The van der Waals surface area contributed by atoms with Crippen molar-refractivity contribution >= 4 is 33.2 Å². The topological polar surface area (TPSA) is 84.9 Å². The average Bonchev–Trinajstić information content (AvgIpc) is 2.81. The lowest BCUT2D eigenvalue weighted by Gasteiger charge is -2.23. The van der Waals surface area contributed by atoms with E-state index in [-0.39, 0.29) is 17.2 Å². The smallest absolute Gasteiger partial charge is 0.243 e. The van der Waals surface area contributed by atoms with Crippen LogP contribution in [-0.4, -0.2) is 39.4 Å². The molecular weight excluding hydrogens is 464 g/mol. The van der Waals surface area contributed by atoms with E-state index in [1.165, 1.54) is 32.4 Å². The lowest BCUT2D eigenvalue weighted by Crippen LogP contribution is -2.37. The molecule has 0 unspecified atom stereocenters. The molecule has 3 aromatic rings. The van der Waals surface area contributed by atoms with Crippen LogP contribution in [0.3, 0.4) is 0 Å². The molecule has 0 aliphatic rings. The number of hydrogen-bond donors (Lipinski definition) is 1. The van der Waals surface area contributed by atoms with Gasteiger partial charge in [-0.25, -0.2) is 8.42 Å². The van der Waals surface area contributed by atoms with Gasteiger partial charge in [0.25, 0.3) is 0 Å². The third kappa shape index (κ3) is 5.84. The molecule has 33 heavy (non-hydrogen) atoms. The van der Waals surface area contributed by atoms with Gasteiger partial charge in [-0.05, 0) is 42.3 Å². The largest absolute Gasteiger partial charge is 0.493 e. The van der Waals surface area contributed by atoms with Crippen molar-refractivity contribution in [2.75, 3.05) is 26.1 Å². The van der Waals surface area contributed by atoms with Crippen LogP contribution in [0.2, 0.25) is 5.02 Å². The van der Waals surface area contributed by atoms with Gasteiger partial charge in [-0.15, -0.1) is 0 Å². The summed E-state index contributed by atoms with van der Waals surface area (Å²) in [4.78, 5) is 12.9. The molecule has 1 N–H and O–H groups in total. The molecule has 3 aromatic carbocycles. The summed E-state index contributed by atoms with van der Waals surface area (Å²) >= 11 is 6.14. The molecule has 0 aliphatic heterocycles. The number of sulfonamides is 1. The van der Waals surface area contributed by atoms with Gasteiger partial charge in [0.1, 0.15) is 0 Å². The summed E-state index contributed by atoms with van der Waals surface area (Å²) in [5.41, 5.74) is 1.97. The van der Waals surface area contributed by atoms with E-state index in [4.69, 9.17) is 21.1 Å². The molecule has 3 rings (SSSR count). The van der Waals surface area contributed by atoms with E-state index in [9.17, 15) is 13.2 Å². The number of nitrogens with one attached hydrogen (secondary N) is 1. The van der Waals surface area contributed by atoms with Gasteiger partial charge in [0.15, 0.2) is 11.5 Å². The van der Waals surface area contributed by atoms with E-state index < -0.39 is 22.5 Å². The van der Waals surface area contributed by atoms with Crippen molar-refractivity contribution < 1.29 is 22.7 Å². The number of ether oxygens (including phenoxy) is 2. The van der Waals surface area contributed by atoms with Gasteiger partial charge < -0.3 is 14.8 Å². The Bertz CT molecular complexity index is 1230. The molecule has 0 aliphatic carbocycles. The van der Waals surface area contributed by atoms with Crippen molar-refractivity contribution in [1.82, 2.24) is 4.31 Å². The van der Waals surface area contributed by atoms with Gasteiger partial charge in [-0.3, -0.25) is 4.79 Å². The van der Waals surface area contributed by atoms with Crippen molar-refractivity contribution in [1.29, 1.82) is 0 Å². The van der Waals surface area contributed by atoms with Crippen LogP contribution in [0.15, 0.2) is 71.6 Å². The average molecular weight is 489 g/mol. The molecule has 0 heterocycles. The number of benzene rings is 3. The number of nitrogens with zero attached hydrogens (tertiary/aromatic N) is 1. The van der Waals surface area contributed by atoms with E-state index >= 15 is 0 Å². The van der Waals surface area contributed by atoms with E-state index in [1.807, 2.05) is 18.2 Å². The summed E-state index contributed by atoms with van der Waals surface area (Å²) in [6.07, 6.45) is 0. The molecule has 0 bridgehead atoms. The van der Waals surface area contributed by atoms with Crippen LogP contribution >= 0.6 is 11.6 Å². The van der Waals surface area contributed by atoms with Crippen LogP contribution in [0.4, 0.5) is 5.69 Å². The number of hydrogen-bond acceptors (Lipinski definition) is 5. The third-order valence-corrected chi connectivity index (χ3v) is 7.25. The molecule has 0 atom stereocenters. The fraction of sp³-hybridized carbons (Fsp3) is 0.208. The molecule has 0 radical (unpaired) electrons. The molecule has 0 spiro atoms.